The Morgan fingerprint density at radius 2 is 1.91 bits per heavy atom. The molecule has 5 heteroatoms. The van der Waals surface area contributed by atoms with Crippen LogP contribution in [-0.4, -0.2) is 17.8 Å². The summed E-state index contributed by atoms with van der Waals surface area (Å²) in [5.41, 5.74) is 1.52. The second-order valence-electron chi connectivity index (χ2n) is 5.03. The lowest BCUT2D eigenvalue weighted by Gasteiger charge is -2.15. The van der Waals surface area contributed by atoms with Crippen molar-refractivity contribution in [2.45, 2.75) is 20.0 Å². The molecule has 2 rings (SSSR count). The second-order valence-corrected chi connectivity index (χ2v) is 5.03. The number of ether oxygens (including phenoxy) is 1. The SMILES string of the molecule is CC(=O)c1cccc(O[C@H](C)C(=O)Nc2cccc(C#N)c2)c1. The first-order valence-electron chi connectivity index (χ1n) is 7.08. The van der Waals surface area contributed by atoms with E-state index in [9.17, 15) is 9.59 Å². The molecule has 23 heavy (non-hydrogen) atoms. The fourth-order valence-electron chi connectivity index (χ4n) is 1.96. The summed E-state index contributed by atoms with van der Waals surface area (Å²) in [6.45, 7) is 3.08. The highest BCUT2D eigenvalue weighted by Crippen LogP contribution is 2.16. The van der Waals surface area contributed by atoms with Gasteiger partial charge in [-0.05, 0) is 44.2 Å². The molecular formula is C18H16N2O3. The molecule has 5 nitrogen and oxygen atoms in total. The largest absolute Gasteiger partial charge is 0.481 e. The van der Waals surface area contributed by atoms with Gasteiger partial charge in [0.25, 0.3) is 5.91 Å². The number of benzene rings is 2. The molecule has 0 heterocycles. The summed E-state index contributed by atoms with van der Waals surface area (Å²) in [6, 6.07) is 15.3. The lowest BCUT2D eigenvalue weighted by Crippen LogP contribution is -2.30. The fraction of sp³-hybridized carbons (Fsp3) is 0.167. The van der Waals surface area contributed by atoms with Crippen LogP contribution in [0.15, 0.2) is 48.5 Å². The lowest BCUT2D eigenvalue weighted by atomic mass is 10.1. The lowest BCUT2D eigenvalue weighted by molar-refractivity contribution is -0.122. The number of nitriles is 1. The molecule has 0 bridgehead atoms. The molecule has 1 N–H and O–H groups in total. The average Bonchev–Trinajstić information content (AvgIpc) is 2.55. The quantitative estimate of drug-likeness (QED) is 0.860. The number of hydrogen-bond donors (Lipinski definition) is 1. The van der Waals surface area contributed by atoms with Crippen molar-refractivity contribution in [2.24, 2.45) is 0 Å². The zero-order chi connectivity index (χ0) is 16.8. The predicted octanol–water partition coefficient (Wildman–Crippen LogP) is 3.17. The highest BCUT2D eigenvalue weighted by atomic mass is 16.5. The maximum absolute atomic E-state index is 12.1. The molecule has 0 saturated heterocycles. The Morgan fingerprint density at radius 3 is 2.61 bits per heavy atom. The van der Waals surface area contributed by atoms with Crippen LogP contribution >= 0.6 is 0 Å². The van der Waals surface area contributed by atoms with E-state index in [0.717, 1.165) is 0 Å². The summed E-state index contributed by atoms with van der Waals surface area (Å²) in [7, 11) is 0. The number of Topliss-reactive ketones (excluding diaryl/α,β-unsaturated/α-hetero) is 1. The maximum Gasteiger partial charge on any atom is 0.265 e. The highest BCUT2D eigenvalue weighted by molar-refractivity contribution is 5.95. The Hall–Kier alpha value is -3.13. The van der Waals surface area contributed by atoms with Gasteiger partial charge in [0.2, 0.25) is 0 Å². The number of hydrogen-bond acceptors (Lipinski definition) is 4. The molecule has 116 valence electrons. The van der Waals surface area contributed by atoms with Gasteiger partial charge < -0.3 is 10.1 Å². The molecule has 0 aliphatic rings. The fourth-order valence-corrected chi connectivity index (χ4v) is 1.96. The third kappa shape index (κ3) is 4.42. The number of nitrogens with zero attached hydrogens (tertiary/aromatic N) is 1. The summed E-state index contributed by atoms with van der Waals surface area (Å²) in [5.74, 6) is 0.0420. The van der Waals surface area contributed by atoms with Crippen molar-refractivity contribution >= 4 is 17.4 Å². The van der Waals surface area contributed by atoms with E-state index in [0.29, 0.717) is 22.6 Å². The van der Waals surface area contributed by atoms with E-state index >= 15 is 0 Å². The molecule has 1 amide bonds. The monoisotopic (exact) mass is 308 g/mol. The molecule has 2 aromatic rings. The molecule has 0 radical (unpaired) electrons. The number of carbonyl (C=O) groups is 2. The summed E-state index contributed by atoms with van der Waals surface area (Å²) >= 11 is 0. The summed E-state index contributed by atoms with van der Waals surface area (Å²) in [6.07, 6.45) is -0.747. The minimum Gasteiger partial charge on any atom is -0.481 e. The van der Waals surface area contributed by atoms with E-state index in [1.165, 1.54) is 6.92 Å². The minimum atomic E-state index is -0.747. The van der Waals surface area contributed by atoms with Crippen LogP contribution in [0, 0.1) is 11.3 Å². The average molecular weight is 308 g/mol. The van der Waals surface area contributed by atoms with Crippen molar-refractivity contribution in [3.63, 3.8) is 0 Å². The van der Waals surface area contributed by atoms with Crippen molar-refractivity contribution in [3.05, 3.63) is 59.7 Å². The van der Waals surface area contributed by atoms with E-state index in [1.807, 2.05) is 6.07 Å². The molecule has 1 atom stereocenters. The third-order valence-corrected chi connectivity index (χ3v) is 3.18. The molecule has 0 spiro atoms. The second kappa shape index (κ2) is 7.23. The van der Waals surface area contributed by atoms with Crippen LogP contribution in [-0.2, 0) is 4.79 Å². The summed E-state index contributed by atoms with van der Waals surface area (Å²) < 4.78 is 5.57. The molecule has 0 saturated carbocycles. The van der Waals surface area contributed by atoms with Gasteiger partial charge in [0, 0.05) is 11.3 Å². The smallest absolute Gasteiger partial charge is 0.265 e. The maximum atomic E-state index is 12.1. The van der Waals surface area contributed by atoms with Gasteiger partial charge in [0.15, 0.2) is 11.9 Å². The first kappa shape index (κ1) is 16.2. The first-order chi connectivity index (χ1) is 11.0. The van der Waals surface area contributed by atoms with E-state index in [1.54, 1.807) is 55.5 Å². The number of rotatable bonds is 5. The Morgan fingerprint density at radius 1 is 1.17 bits per heavy atom. The van der Waals surface area contributed by atoms with Crippen LogP contribution in [0.25, 0.3) is 0 Å². The van der Waals surface area contributed by atoms with Crippen molar-refractivity contribution < 1.29 is 14.3 Å². The van der Waals surface area contributed by atoms with Crippen molar-refractivity contribution in [3.8, 4) is 11.8 Å². The summed E-state index contributed by atoms with van der Waals surface area (Å²) in [5, 5.41) is 11.5. The zero-order valence-electron chi connectivity index (χ0n) is 12.9. The van der Waals surface area contributed by atoms with E-state index < -0.39 is 6.10 Å². The molecular weight excluding hydrogens is 292 g/mol. The van der Waals surface area contributed by atoms with Gasteiger partial charge in [-0.2, -0.15) is 5.26 Å². The van der Waals surface area contributed by atoms with Gasteiger partial charge in [-0.15, -0.1) is 0 Å². The van der Waals surface area contributed by atoms with Gasteiger partial charge in [0.1, 0.15) is 5.75 Å². The van der Waals surface area contributed by atoms with Gasteiger partial charge in [-0.1, -0.05) is 18.2 Å². The van der Waals surface area contributed by atoms with Crippen LogP contribution in [0.5, 0.6) is 5.75 Å². The Labute approximate surface area is 134 Å². The summed E-state index contributed by atoms with van der Waals surface area (Å²) in [4.78, 5) is 23.5. The van der Waals surface area contributed by atoms with Crippen molar-refractivity contribution in [2.75, 3.05) is 5.32 Å². The van der Waals surface area contributed by atoms with Gasteiger partial charge in [-0.3, -0.25) is 9.59 Å². The number of carbonyl (C=O) groups excluding carboxylic acids is 2. The first-order valence-corrected chi connectivity index (χ1v) is 7.08. The zero-order valence-corrected chi connectivity index (χ0v) is 12.9. The van der Waals surface area contributed by atoms with Gasteiger partial charge >= 0.3 is 0 Å². The topological polar surface area (TPSA) is 79.2 Å². The molecule has 2 aromatic carbocycles. The number of amides is 1. The van der Waals surface area contributed by atoms with Crippen molar-refractivity contribution in [1.82, 2.24) is 0 Å². The molecule has 0 fully saturated rings. The van der Waals surface area contributed by atoms with Crippen LogP contribution in [0.1, 0.15) is 29.8 Å². The van der Waals surface area contributed by atoms with Crippen LogP contribution in [0.4, 0.5) is 5.69 Å². The highest BCUT2D eigenvalue weighted by Gasteiger charge is 2.15. The minimum absolute atomic E-state index is 0.0686. The van der Waals surface area contributed by atoms with Crippen LogP contribution in [0.2, 0.25) is 0 Å². The van der Waals surface area contributed by atoms with E-state index in [4.69, 9.17) is 10.00 Å². The van der Waals surface area contributed by atoms with E-state index in [2.05, 4.69) is 5.32 Å². The molecule has 0 unspecified atom stereocenters. The standard InChI is InChI=1S/C18H16N2O3/c1-12(21)15-6-4-8-17(10-15)23-13(2)18(22)20-16-7-3-5-14(9-16)11-19/h3-10,13H,1-2H3,(H,20,22)/t13-/m1/s1. The van der Waals surface area contributed by atoms with Crippen LogP contribution < -0.4 is 10.1 Å². The predicted molar refractivity (Wildman–Crippen MR) is 86.3 cm³/mol. The van der Waals surface area contributed by atoms with Crippen molar-refractivity contribution in [1.29, 1.82) is 5.26 Å². The normalized spacial score (nSPS) is 11.2. The Balaban J connectivity index is 2.04. The number of nitrogens with one attached hydrogen (secondary N) is 1. The number of ketones is 1. The molecule has 0 aliphatic carbocycles. The molecule has 0 aromatic heterocycles. The van der Waals surface area contributed by atoms with Crippen LogP contribution in [0.3, 0.4) is 0 Å². The molecule has 0 aliphatic heterocycles. The Kier molecular flexibility index (Phi) is 5.11. The van der Waals surface area contributed by atoms with Gasteiger partial charge in [0.05, 0.1) is 11.6 Å². The third-order valence-electron chi connectivity index (χ3n) is 3.18. The van der Waals surface area contributed by atoms with Gasteiger partial charge in [-0.25, -0.2) is 0 Å². The number of anilines is 1. The Bertz CT molecular complexity index is 778. The van der Waals surface area contributed by atoms with E-state index in [-0.39, 0.29) is 11.7 Å².